The van der Waals surface area contributed by atoms with Crippen molar-refractivity contribution in [3.63, 3.8) is 0 Å². The van der Waals surface area contributed by atoms with Gasteiger partial charge in [-0.1, -0.05) is 12.2 Å². The molecule has 2 aliphatic carbocycles. The van der Waals surface area contributed by atoms with Crippen LogP contribution in [0.2, 0.25) is 0 Å². The van der Waals surface area contributed by atoms with E-state index in [0.717, 1.165) is 5.39 Å². The van der Waals surface area contributed by atoms with Crippen LogP contribution >= 0.6 is 11.8 Å². The number of nitrogens with one attached hydrogen (secondary N) is 3. The molecule has 4 N–H and O–H groups in total. The maximum atomic E-state index is 14.4. The highest BCUT2D eigenvalue weighted by atomic mass is 32.2. The van der Waals surface area contributed by atoms with Gasteiger partial charge in [-0.05, 0) is 81.4 Å². The smallest absolute Gasteiger partial charge is 0.405 e. The second-order valence-electron chi connectivity index (χ2n) is 13.5. The zero-order chi connectivity index (χ0) is 35.1. The largest absolute Gasteiger partial charge is 0.497 e. The van der Waals surface area contributed by atoms with Crippen LogP contribution in [0, 0.1) is 5.92 Å². The lowest BCUT2D eigenvalue weighted by atomic mass is 10.0. The number of fused-ring (bicyclic) bond motifs is 3. The summed E-state index contributed by atoms with van der Waals surface area (Å²) in [7, 11) is -2.33. The number of carbonyl (C=O) groups is 4. The molecule has 4 amide bonds. The van der Waals surface area contributed by atoms with Gasteiger partial charge < -0.3 is 30.1 Å². The number of methoxy groups -OCH3 is 1. The molecular weight excluding hydrogens is 675 g/mol. The molecule has 5 unspecified atom stereocenters. The minimum atomic E-state index is -3.90. The number of hydrogen-bond donors (Lipinski definition) is 4. The van der Waals surface area contributed by atoms with Crippen molar-refractivity contribution in [1.82, 2.24) is 25.2 Å². The Labute approximate surface area is 288 Å². The Bertz CT molecular complexity index is 1800. The molecule has 6 rings (SSSR count). The van der Waals surface area contributed by atoms with Crippen molar-refractivity contribution in [1.29, 1.82) is 0 Å². The van der Waals surface area contributed by atoms with Crippen molar-refractivity contribution in [2.24, 2.45) is 5.92 Å². The Morgan fingerprint density at radius 3 is 2.67 bits per heavy atom. The number of aromatic nitrogens is 1. The van der Waals surface area contributed by atoms with Crippen molar-refractivity contribution in [2.45, 2.75) is 86.1 Å². The predicted molar refractivity (Wildman–Crippen MR) is 182 cm³/mol. The van der Waals surface area contributed by atoms with Crippen LogP contribution in [-0.4, -0.2) is 100 Å². The molecule has 0 radical (unpaired) electrons. The monoisotopic (exact) mass is 715 g/mol. The van der Waals surface area contributed by atoms with Crippen LogP contribution in [-0.2, 0) is 24.4 Å². The van der Waals surface area contributed by atoms with E-state index in [2.05, 4.69) is 20.3 Å². The molecule has 264 valence electrons. The standard InChI is InChI=1S/C33H41N5O9S2/c1-32(2)26(35-31(42)43)29(40)38-18-22(47-28-24-11-8-21(46-3)15-19(24)12-13-34-28)16-25(38)27(39)36-33(17-20(33)7-5-4-6-14-48-32)30(41)37-49(44,45)23-9-10-23/h5,7-8,11-13,15,20,22-23,25-26,35H,4,6,9-10,14,16-18H2,1-3H3,(H,36,39)(H,37,41)(H,42,43)/b7-5-. The number of carbonyl (C=O) groups excluding carboxylic acids is 3. The van der Waals surface area contributed by atoms with Crippen molar-refractivity contribution in [3.05, 3.63) is 42.6 Å². The minimum absolute atomic E-state index is 0.0116. The summed E-state index contributed by atoms with van der Waals surface area (Å²) in [6, 6.07) is 4.82. The molecule has 14 nitrogen and oxygen atoms in total. The molecule has 4 aliphatic rings. The highest BCUT2D eigenvalue weighted by Gasteiger charge is 2.62. The van der Waals surface area contributed by atoms with E-state index in [-0.39, 0.29) is 25.3 Å². The number of rotatable bonds is 7. The van der Waals surface area contributed by atoms with Crippen LogP contribution in [0.25, 0.3) is 10.8 Å². The van der Waals surface area contributed by atoms with Crippen LogP contribution in [0.3, 0.4) is 0 Å². The first-order valence-corrected chi connectivity index (χ1v) is 18.9. The Kier molecular flexibility index (Phi) is 9.48. The molecule has 1 aromatic carbocycles. The lowest BCUT2D eigenvalue weighted by Crippen LogP contribution is -2.61. The average molecular weight is 716 g/mol. The second kappa shape index (κ2) is 13.3. The fraction of sp³-hybridized carbons (Fsp3) is 0.545. The number of benzene rings is 1. The van der Waals surface area contributed by atoms with Crippen LogP contribution < -0.4 is 24.8 Å². The highest BCUT2D eigenvalue weighted by molar-refractivity contribution is 8.00. The van der Waals surface area contributed by atoms with Crippen LogP contribution in [0.4, 0.5) is 4.79 Å². The number of pyridine rings is 1. The van der Waals surface area contributed by atoms with E-state index in [4.69, 9.17) is 9.47 Å². The molecule has 0 bridgehead atoms. The number of allylic oxidation sites excluding steroid dienone is 1. The summed E-state index contributed by atoms with van der Waals surface area (Å²) < 4.78 is 38.5. The van der Waals surface area contributed by atoms with E-state index in [1.807, 2.05) is 18.2 Å². The molecule has 3 heterocycles. The molecule has 2 aromatic rings. The molecule has 0 spiro atoms. The normalized spacial score (nSPS) is 29.3. The van der Waals surface area contributed by atoms with Crippen molar-refractivity contribution in [2.75, 3.05) is 19.4 Å². The Morgan fingerprint density at radius 1 is 1.18 bits per heavy atom. The van der Waals surface area contributed by atoms with Gasteiger partial charge in [-0.3, -0.25) is 19.1 Å². The molecule has 5 atom stereocenters. The highest BCUT2D eigenvalue weighted by Crippen LogP contribution is 2.46. The quantitative estimate of drug-likeness (QED) is 0.308. The third-order valence-electron chi connectivity index (χ3n) is 9.59. The second-order valence-corrected chi connectivity index (χ2v) is 17.2. The summed E-state index contributed by atoms with van der Waals surface area (Å²) in [6.45, 7) is 3.50. The van der Waals surface area contributed by atoms with Crippen LogP contribution in [0.5, 0.6) is 11.6 Å². The van der Waals surface area contributed by atoms with Gasteiger partial charge in [-0.25, -0.2) is 18.2 Å². The fourth-order valence-electron chi connectivity index (χ4n) is 6.55. The number of carboxylic acid groups (broad SMARTS) is 1. The third kappa shape index (κ3) is 7.30. The Balaban J connectivity index is 1.34. The minimum Gasteiger partial charge on any atom is -0.497 e. The summed E-state index contributed by atoms with van der Waals surface area (Å²) in [5.74, 6) is -1.000. The van der Waals surface area contributed by atoms with E-state index in [0.29, 0.717) is 42.6 Å². The fourth-order valence-corrected chi connectivity index (χ4v) is 9.08. The summed E-state index contributed by atoms with van der Waals surface area (Å²) in [5.41, 5.74) is -1.52. The molecule has 1 saturated heterocycles. The van der Waals surface area contributed by atoms with Gasteiger partial charge in [0.1, 0.15) is 29.5 Å². The molecule has 1 aromatic heterocycles. The molecule has 2 saturated carbocycles. The van der Waals surface area contributed by atoms with E-state index in [9.17, 15) is 32.7 Å². The lowest BCUT2D eigenvalue weighted by Gasteiger charge is -2.36. The van der Waals surface area contributed by atoms with Gasteiger partial charge in [-0.2, -0.15) is 11.8 Å². The molecule has 2 aliphatic heterocycles. The van der Waals surface area contributed by atoms with Crippen molar-refractivity contribution in [3.8, 4) is 11.6 Å². The first kappa shape index (κ1) is 34.8. The van der Waals surface area contributed by atoms with Gasteiger partial charge in [0.2, 0.25) is 27.7 Å². The van der Waals surface area contributed by atoms with Gasteiger partial charge in [-0.15, -0.1) is 0 Å². The SMILES string of the molecule is COc1ccc2c(OC3CC4C(=O)NC5(C(=O)NS(=O)(=O)C6CC6)CC5/C=C\CCCSC(C)(C)C(NC(=O)O)C(=O)N4C3)nccc2c1. The van der Waals surface area contributed by atoms with Crippen molar-refractivity contribution < 1.29 is 42.2 Å². The van der Waals surface area contributed by atoms with Gasteiger partial charge in [0.25, 0.3) is 5.91 Å². The first-order valence-electron chi connectivity index (χ1n) is 16.3. The number of thioether (sulfide) groups is 1. The van der Waals surface area contributed by atoms with Gasteiger partial charge in [0.15, 0.2) is 0 Å². The Morgan fingerprint density at radius 2 is 1.96 bits per heavy atom. The van der Waals surface area contributed by atoms with Gasteiger partial charge in [0.05, 0.1) is 18.9 Å². The zero-order valence-corrected chi connectivity index (χ0v) is 29.1. The van der Waals surface area contributed by atoms with Gasteiger partial charge in [0, 0.05) is 28.7 Å². The van der Waals surface area contributed by atoms with Gasteiger partial charge >= 0.3 is 6.09 Å². The maximum Gasteiger partial charge on any atom is 0.405 e. The lowest BCUT2D eigenvalue weighted by molar-refractivity contribution is -0.141. The summed E-state index contributed by atoms with van der Waals surface area (Å²) in [4.78, 5) is 59.9. The first-order chi connectivity index (χ1) is 23.2. The number of ether oxygens (including phenoxy) is 2. The molecule has 49 heavy (non-hydrogen) atoms. The van der Waals surface area contributed by atoms with Crippen LogP contribution in [0.15, 0.2) is 42.6 Å². The van der Waals surface area contributed by atoms with Crippen LogP contribution in [0.1, 0.15) is 52.4 Å². The Hall–Kier alpha value is -4.05. The molecule has 3 fully saturated rings. The zero-order valence-electron chi connectivity index (χ0n) is 27.5. The number of nitrogens with zero attached hydrogens (tertiary/aromatic N) is 2. The third-order valence-corrected chi connectivity index (χ3v) is 12.9. The predicted octanol–water partition coefficient (Wildman–Crippen LogP) is 2.57. The number of amides is 4. The summed E-state index contributed by atoms with van der Waals surface area (Å²) in [6.07, 6.45) is 5.68. The topological polar surface area (TPSA) is 193 Å². The van der Waals surface area contributed by atoms with E-state index in [1.165, 1.54) is 16.7 Å². The molecule has 16 heteroatoms. The number of sulfonamides is 1. The van der Waals surface area contributed by atoms with E-state index >= 15 is 0 Å². The van der Waals surface area contributed by atoms with E-state index < -0.39 is 73.5 Å². The van der Waals surface area contributed by atoms with E-state index in [1.54, 1.807) is 45.4 Å². The summed E-state index contributed by atoms with van der Waals surface area (Å²) >= 11 is 1.45. The maximum absolute atomic E-state index is 14.4. The summed E-state index contributed by atoms with van der Waals surface area (Å²) in [5, 5.41) is 15.8. The number of hydrogen-bond acceptors (Lipinski definition) is 10. The molecular formula is C33H41N5O9S2. The van der Waals surface area contributed by atoms with Crippen molar-refractivity contribution >= 4 is 56.4 Å². The average Bonchev–Trinajstić information content (AvgIpc) is 3.98.